The summed E-state index contributed by atoms with van der Waals surface area (Å²) in [7, 11) is 0. The minimum absolute atomic E-state index is 0.0562. The van der Waals surface area contributed by atoms with Crippen LogP contribution in [-0.2, 0) is 25.6 Å². The van der Waals surface area contributed by atoms with Crippen LogP contribution in [0.3, 0.4) is 0 Å². The molecule has 186 valence electrons. The van der Waals surface area contributed by atoms with Crippen molar-refractivity contribution in [1.29, 1.82) is 0 Å². The van der Waals surface area contributed by atoms with Gasteiger partial charge in [-0.3, -0.25) is 19.2 Å². The molecule has 12 nitrogen and oxygen atoms in total. The lowest BCUT2D eigenvalue weighted by Gasteiger charge is -2.24. The molecule has 0 aliphatic carbocycles. The van der Waals surface area contributed by atoms with E-state index in [2.05, 4.69) is 25.9 Å². The van der Waals surface area contributed by atoms with Crippen molar-refractivity contribution in [1.82, 2.24) is 25.9 Å². The smallest absolute Gasteiger partial charge is 0.325 e. The molecule has 33 heavy (non-hydrogen) atoms. The highest BCUT2D eigenvalue weighted by Crippen LogP contribution is 2.06. The van der Waals surface area contributed by atoms with E-state index in [4.69, 9.17) is 16.6 Å². The number of nitrogens with zero attached hydrogens (tertiary/aromatic N) is 1. The molecule has 0 radical (unpaired) electrons. The molecule has 1 heterocycles. The lowest BCUT2D eigenvalue weighted by Crippen LogP contribution is -2.57. The number of H-pyrrole nitrogens is 1. The van der Waals surface area contributed by atoms with Crippen LogP contribution in [-0.4, -0.2) is 81.5 Å². The highest BCUT2D eigenvalue weighted by molar-refractivity contribution is 7.98. The zero-order valence-corrected chi connectivity index (χ0v) is 19.8. The Labute approximate surface area is 197 Å². The van der Waals surface area contributed by atoms with Gasteiger partial charge in [-0.05, 0) is 51.2 Å². The third kappa shape index (κ3) is 10.7. The van der Waals surface area contributed by atoms with Gasteiger partial charge in [0, 0.05) is 18.3 Å². The Morgan fingerprint density at radius 1 is 1.09 bits per heavy atom. The molecule has 1 aromatic heterocycles. The molecule has 0 aliphatic heterocycles. The van der Waals surface area contributed by atoms with Crippen molar-refractivity contribution in [2.24, 2.45) is 11.5 Å². The quantitative estimate of drug-likeness (QED) is 0.139. The number of hydrogen-bond donors (Lipinski definition) is 7. The molecule has 0 fully saturated rings. The number of rotatable bonds is 16. The van der Waals surface area contributed by atoms with E-state index in [9.17, 15) is 19.2 Å². The number of aliphatic carboxylic acids is 1. The second kappa shape index (κ2) is 15.2. The normalized spacial score (nSPS) is 14.5. The van der Waals surface area contributed by atoms with Crippen molar-refractivity contribution < 1.29 is 24.3 Å². The van der Waals surface area contributed by atoms with Crippen LogP contribution in [0.4, 0.5) is 0 Å². The maximum absolute atomic E-state index is 13.0. The SMILES string of the molecule is CSCCC(N)C(=O)NC(CCCCN)C(=O)NC(Cc1cnc[nH]1)C(=O)NC(C)C(=O)O. The summed E-state index contributed by atoms with van der Waals surface area (Å²) in [6.45, 7) is 1.76. The van der Waals surface area contributed by atoms with E-state index in [1.807, 2.05) is 6.26 Å². The fraction of sp³-hybridized carbons (Fsp3) is 0.650. The van der Waals surface area contributed by atoms with Crippen molar-refractivity contribution in [2.75, 3.05) is 18.6 Å². The van der Waals surface area contributed by atoms with Crippen molar-refractivity contribution in [2.45, 2.75) is 63.2 Å². The van der Waals surface area contributed by atoms with Gasteiger partial charge in [0.05, 0.1) is 12.4 Å². The summed E-state index contributed by atoms with van der Waals surface area (Å²) in [5, 5.41) is 16.7. The van der Waals surface area contributed by atoms with Crippen LogP contribution < -0.4 is 27.4 Å². The monoisotopic (exact) mass is 485 g/mol. The van der Waals surface area contributed by atoms with Gasteiger partial charge in [0.25, 0.3) is 0 Å². The van der Waals surface area contributed by atoms with Crippen molar-refractivity contribution in [3.05, 3.63) is 18.2 Å². The third-order valence-corrected chi connectivity index (χ3v) is 5.53. The number of aromatic amines is 1. The molecule has 0 saturated carbocycles. The highest BCUT2D eigenvalue weighted by atomic mass is 32.2. The lowest BCUT2D eigenvalue weighted by molar-refractivity contribution is -0.141. The largest absolute Gasteiger partial charge is 0.480 e. The number of nitrogens with two attached hydrogens (primary N) is 2. The van der Waals surface area contributed by atoms with Gasteiger partial charge in [-0.1, -0.05) is 0 Å². The van der Waals surface area contributed by atoms with Gasteiger partial charge in [0.15, 0.2) is 0 Å². The highest BCUT2D eigenvalue weighted by Gasteiger charge is 2.29. The molecule has 1 aromatic rings. The molecular weight excluding hydrogens is 450 g/mol. The van der Waals surface area contributed by atoms with E-state index >= 15 is 0 Å². The standard InChI is InChI=1S/C20H35N7O5S/c1-12(20(31)32)25-19(30)16(9-13-10-23-11-24-13)27-18(29)15(5-3-4-7-21)26-17(28)14(22)6-8-33-2/h10-12,14-16H,3-9,21-22H2,1-2H3,(H,23,24)(H,25,30)(H,26,28)(H,27,29)(H,31,32). The average molecular weight is 486 g/mol. The Kier molecular flexibility index (Phi) is 13.1. The van der Waals surface area contributed by atoms with Crippen LogP contribution in [0.25, 0.3) is 0 Å². The van der Waals surface area contributed by atoms with Crippen LogP contribution in [0, 0.1) is 0 Å². The number of carboxylic acid groups (broad SMARTS) is 1. The summed E-state index contributed by atoms with van der Waals surface area (Å²) >= 11 is 1.56. The van der Waals surface area contributed by atoms with E-state index in [1.165, 1.54) is 19.4 Å². The van der Waals surface area contributed by atoms with E-state index in [0.717, 1.165) is 0 Å². The van der Waals surface area contributed by atoms with Crippen LogP contribution >= 0.6 is 11.8 Å². The van der Waals surface area contributed by atoms with E-state index in [1.54, 1.807) is 11.8 Å². The van der Waals surface area contributed by atoms with Crippen LogP contribution in [0.5, 0.6) is 0 Å². The number of imidazole rings is 1. The number of nitrogens with one attached hydrogen (secondary N) is 4. The van der Waals surface area contributed by atoms with Gasteiger partial charge >= 0.3 is 5.97 Å². The van der Waals surface area contributed by atoms with Crippen LogP contribution in [0.2, 0.25) is 0 Å². The van der Waals surface area contributed by atoms with Gasteiger partial charge in [-0.15, -0.1) is 0 Å². The summed E-state index contributed by atoms with van der Waals surface area (Å²) in [4.78, 5) is 56.1. The van der Waals surface area contributed by atoms with Gasteiger partial charge in [0.1, 0.15) is 18.1 Å². The summed E-state index contributed by atoms with van der Waals surface area (Å²) < 4.78 is 0. The minimum atomic E-state index is -1.21. The number of amides is 3. The summed E-state index contributed by atoms with van der Waals surface area (Å²) in [6.07, 6.45) is 6.91. The topological polar surface area (TPSA) is 205 Å². The predicted octanol–water partition coefficient (Wildman–Crippen LogP) is -1.28. The third-order valence-electron chi connectivity index (χ3n) is 4.89. The molecule has 1 rings (SSSR count). The first-order chi connectivity index (χ1) is 15.7. The molecule has 0 aliphatic rings. The van der Waals surface area contributed by atoms with Gasteiger partial charge in [0.2, 0.25) is 17.7 Å². The van der Waals surface area contributed by atoms with E-state index in [0.29, 0.717) is 43.7 Å². The zero-order chi connectivity index (χ0) is 24.8. The van der Waals surface area contributed by atoms with Gasteiger partial charge in [-0.2, -0.15) is 11.8 Å². The number of carbonyl (C=O) groups excluding carboxylic acids is 3. The molecule has 0 saturated heterocycles. The van der Waals surface area contributed by atoms with Crippen molar-refractivity contribution >= 4 is 35.5 Å². The van der Waals surface area contributed by atoms with E-state index < -0.39 is 47.9 Å². The van der Waals surface area contributed by atoms with Crippen LogP contribution in [0.1, 0.15) is 38.3 Å². The Morgan fingerprint density at radius 2 is 1.76 bits per heavy atom. The minimum Gasteiger partial charge on any atom is -0.480 e. The fourth-order valence-electron chi connectivity index (χ4n) is 2.89. The molecule has 0 aromatic carbocycles. The first-order valence-electron chi connectivity index (χ1n) is 10.7. The first-order valence-corrected chi connectivity index (χ1v) is 12.1. The van der Waals surface area contributed by atoms with Crippen molar-refractivity contribution in [3.8, 4) is 0 Å². The maximum Gasteiger partial charge on any atom is 0.325 e. The molecule has 13 heteroatoms. The number of aromatic nitrogens is 2. The van der Waals surface area contributed by atoms with Crippen LogP contribution in [0.15, 0.2) is 12.5 Å². The molecule has 4 unspecified atom stereocenters. The summed E-state index contributed by atoms with van der Waals surface area (Å²) in [5.74, 6) is -2.20. The van der Waals surface area contributed by atoms with Crippen molar-refractivity contribution in [3.63, 3.8) is 0 Å². The fourth-order valence-corrected chi connectivity index (χ4v) is 3.38. The number of hydrogen-bond acceptors (Lipinski definition) is 8. The number of carboxylic acids is 1. The molecule has 3 amide bonds. The van der Waals surface area contributed by atoms with E-state index in [-0.39, 0.29) is 6.42 Å². The Balaban J connectivity index is 2.95. The molecule has 0 spiro atoms. The summed E-state index contributed by atoms with van der Waals surface area (Å²) in [5.41, 5.74) is 12.0. The predicted molar refractivity (Wildman–Crippen MR) is 125 cm³/mol. The Hall–Kier alpha value is -2.64. The first kappa shape index (κ1) is 28.4. The maximum atomic E-state index is 13.0. The molecule has 0 bridgehead atoms. The second-order valence-electron chi connectivity index (χ2n) is 7.64. The Bertz CT molecular complexity index is 762. The molecular formula is C20H35N7O5S. The Morgan fingerprint density at radius 3 is 2.33 bits per heavy atom. The molecule has 9 N–H and O–H groups in total. The number of unbranched alkanes of at least 4 members (excludes halogenated alkanes) is 1. The number of carbonyl (C=O) groups is 4. The second-order valence-corrected chi connectivity index (χ2v) is 8.63. The number of thioether (sulfide) groups is 1. The average Bonchev–Trinajstić information content (AvgIpc) is 3.29. The van der Waals surface area contributed by atoms with Gasteiger partial charge < -0.3 is 37.5 Å². The molecule has 4 atom stereocenters. The summed E-state index contributed by atoms with van der Waals surface area (Å²) in [6, 6.07) is -3.91. The zero-order valence-electron chi connectivity index (χ0n) is 19.0. The van der Waals surface area contributed by atoms with Gasteiger partial charge in [-0.25, -0.2) is 4.98 Å². The lowest BCUT2D eigenvalue weighted by atomic mass is 10.1.